The predicted molar refractivity (Wildman–Crippen MR) is 108 cm³/mol. The van der Waals surface area contributed by atoms with Crippen LogP contribution in [0.25, 0.3) is 11.0 Å². The monoisotopic (exact) mass is 441 g/mol. The van der Waals surface area contributed by atoms with Crippen LogP contribution >= 0.6 is 11.8 Å². The number of nitrogens with one attached hydrogen (secondary N) is 3. The second-order valence-corrected chi connectivity index (χ2v) is 8.65. The number of sulfonamides is 1. The van der Waals surface area contributed by atoms with E-state index in [1.54, 1.807) is 13.0 Å². The summed E-state index contributed by atoms with van der Waals surface area (Å²) in [5.74, 6) is -3.74. The van der Waals surface area contributed by atoms with E-state index in [0.29, 0.717) is 22.5 Å². The molecule has 0 aliphatic rings. The number of fused-ring (bicyclic) bond motifs is 1. The SMILES string of the molecule is CCCS(=O)(=O)Nc1ccc(F)c(C(=O)Nc2cnc3[nH]nc(SC)c3c2)c1F. The van der Waals surface area contributed by atoms with Crippen LogP contribution in [-0.4, -0.2) is 41.5 Å². The average molecular weight is 441 g/mol. The number of H-pyrrole nitrogens is 1. The Balaban J connectivity index is 1.92. The highest BCUT2D eigenvalue weighted by atomic mass is 32.2. The topological polar surface area (TPSA) is 117 Å². The minimum atomic E-state index is -3.81. The lowest BCUT2D eigenvalue weighted by Gasteiger charge is -2.12. The molecule has 0 aliphatic heterocycles. The first-order valence-electron chi connectivity index (χ1n) is 8.43. The number of nitrogens with zero attached hydrogens (tertiary/aromatic N) is 2. The fraction of sp³-hybridized carbons (Fsp3) is 0.235. The molecule has 12 heteroatoms. The van der Waals surface area contributed by atoms with Crippen molar-refractivity contribution in [3.05, 3.63) is 41.6 Å². The van der Waals surface area contributed by atoms with Crippen LogP contribution in [-0.2, 0) is 10.0 Å². The zero-order valence-corrected chi connectivity index (χ0v) is 17.0. The number of thioether (sulfide) groups is 1. The van der Waals surface area contributed by atoms with Gasteiger partial charge in [0.2, 0.25) is 10.0 Å². The molecule has 2 heterocycles. The van der Waals surface area contributed by atoms with Crippen LogP contribution < -0.4 is 10.0 Å². The smallest absolute Gasteiger partial charge is 0.261 e. The summed E-state index contributed by atoms with van der Waals surface area (Å²) < 4.78 is 54.7. The molecule has 3 rings (SSSR count). The third-order valence-electron chi connectivity index (χ3n) is 3.89. The van der Waals surface area contributed by atoms with Crippen LogP contribution in [0.2, 0.25) is 0 Å². The second-order valence-electron chi connectivity index (χ2n) is 6.01. The number of pyridine rings is 1. The van der Waals surface area contributed by atoms with Crippen molar-refractivity contribution in [3.8, 4) is 0 Å². The number of aromatic nitrogens is 3. The van der Waals surface area contributed by atoms with Gasteiger partial charge in [-0.05, 0) is 30.9 Å². The predicted octanol–water partition coefficient (Wildman–Crippen LogP) is 3.36. The summed E-state index contributed by atoms with van der Waals surface area (Å²) in [6.45, 7) is 1.65. The normalized spacial score (nSPS) is 11.6. The van der Waals surface area contributed by atoms with E-state index >= 15 is 0 Å². The van der Waals surface area contributed by atoms with Crippen LogP contribution in [0.5, 0.6) is 0 Å². The van der Waals surface area contributed by atoms with Gasteiger partial charge in [-0.2, -0.15) is 5.10 Å². The maximum absolute atomic E-state index is 14.7. The highest BCUT2D eigenvalue weighted by Crippen LogP contribution is 2.26. The minimum absolute atomic E-state index is 0.204. The molecule has 3 N–H and O–H groups in total. The van der Waals surface area contributed by atoms with Crippen molar-refractivity contribution in [3.63, 3.8) is 0 Å². The van der Waals surface area contributed by atoms with E-state index in [1.807, 2.05) is 11.0 Å². The Bertz CT molecular complexity index is 1180. The molecule has 1 aromatic carbocycles. The Kier molecular flexibility index (Phi) is 6.03. The van der Waals surface area contributed by atoms with E-state index in [9.17, 15) is 22.0 Å². The number of aromatic amines is 1. The molecule has 0 bridgehead atoms. The highest BCUT2D eigenvalue weighted by Gasteiger charge is 2.23. The van der Waals surface area contributed by atoms with Crippen molar-refractivity contribution < 1.29 is 22.0 Å². The molecule has 0 unspecified atom stereocenters. The van der Waals surface area contributed by atoms with Crippen molar-refractivity contribution in [2.24, 2.45) is 0 Å². The van der Waals surface area contributed by atoms with Gasteiger partial charge in [-0.25, -0.2) is 22.2 Å². The van der Waals surface area contributed by atoms with Crippen LogP contribution in [0.15, 0.2) is 29.4 Å². The maximum Gasteiger partial charge on any atom is 0.261 e. The number of amides is 1. The molecular formula is C17H17F2N5O3S2. The van der Waals surface area contributed by atoms with Crippen LogP contribution in [0, 0.1) is 11.6 Å². The molecular weight excluding hydrogens is 424 g/mol. The summed E-state index contributed by atoms with van der Waals surface area (Å²) in [4.78, 5) is 16.6. The maximum atomic E-state index is 14.7. The fourth-order valence-electron chi connectivity index (χ4n) is 2.63. The van der Waals surface area contributed by atoms with E-state index in [-0.39, 0.29) is 11.4 Å². The van der Waals surface area contributed by atoms with E-state index in [0.717, 1.165) is 12.1 Å². The molecule has 3 aromatic rings. The molecule has 0 atom stereocenters. The molecule has 8 nitrogen and oxygen atoms in total. The molecule has 0 saturated carbocycles. The van der Waals surface area contributed by atoms with Crippen molar-refractivity contribution in [1.29, 1.82) is 0 Å². The quantitative estimate of drug-likeness (QED) is 0.484. The van der Waals surface area contributed by atoms with Gasteiger partial charge in [0.1, 0.15) is 16.4 Å². The van der Waals surface area contributed by atoms with Crippen molar-refractivity contribution in [2.75, 3.05) is 22.0 Å². The molecule has 1 amide bonds. The molecule has 0 aliphatic carbocycles. The Labute approximate surface area is 169 Å². The van der Waals surface area contributed by atoms with Gasteiger partial charge in [-0.1, -0.05) is 6.92 Å². The van der Waals surface area contributed by atoms with Crippen LogP contribution in [0.3, 0.4) is 0 Å². The van der Waals surface area contributed by atoms with Gasteiger partial charge >= 0.3 is 0 Å². The van der Waals surface area contributed by atoms with Crippen molar-refractivity contribution in [1.82, 2.24) is 15.2 Å². The van der Waals surface area contributed by atoms with Crippen LogP contribution in [0.4, 0.5) is 20.2 Å². The standard InChI is InChI=1S/C17H17F2N5O3S2/c1-3-6-29(26,27)24-12-5-4-11(18)13(14(12)19)16(25)21-9-7-10-15(20-8-9)22-23-17(10)28-2/h4-5,7-8,24H,3,6H2,1-2H3,(H,21,25)(H,20,22,23). The van der Waals surface area contributed by atoms with Crippen molar-refractivity contribution in [2.45, 2.75) is 18.4 Å². The van der Waals surface area contributed by atoms with Gasteiger partial charge < -0.3 is 5.32 Å². The highest BCUT2D eigenvalue weighted by molar-refractivity contribution is 7.98. The number of carbonyl (C=O) groups excluding carboxylic acids is 1. The molecule has 0 saturated heterocycles. The van der Waals surface area contributed by atoms with Crippen molar-refractivity contribution >= 4 is 50.1 Å². The summed E-state index contributed by atoms with van der Waals surface area (Å²) in [5, 5.41) is 10.4. The third-order valence-corrected chi connectivity index (χ3v) is 6.06. The fourth-order valence-corrected chi connectivity index (χ4v) is 4.27. The van der Waals surface area contributed by atoms with Gasteiger partial charge in [-0.15, -0.1) is 11.8 Å². The first kappa shape index (κ1) is 21.0. The summed E-state index contributed by atoms with van der Waals surface area (Å²) in [7, 11) is -3.81. The summed E-state index contributed by atoms with van der Waals surface area (Å²) in [6.07, 6.45) is 3.44. The van der Waals surface area contributed by atoms with Gasteiger partial charge in [-0.3, -0.25) is 14.6 Å². The van der Waals surface area contributed by atoms with E-state index < -0.39 is 38.8 Å². The number of hydrogen-bond donors (Lipinski definition) is 3. The number of hydrogen-bond acceptors (Lipinski definition) is 6. The zero-order chi connectivity index (χ0) is 21.2. The van der Waals surface area contributed by atoms with Gasteiger partial charge in [0.05, 0.1) is 28.7 Å². The lowest BCUT2D eigenvalue weighted by molar-refractivity contribution is 0.101. The lowest BCUT2D eigenvalue weighted by atomic mass is 10.1. The second kappa shape index (κ2) is 8.33. The first-order chi connectivity index (χ1) is 13.8. The van der Waals surface area contributed by atoms with Gasteiger partial charge in [0.15, 0.2) is 11.5 Å². The number of carbonyl (C=O) groups is 1. The minimum Gasteiger partial charge on any atom is -0.320 e. The number of benzene rings is 1. The molecule has 154 valence electrons. The summed E-state index contributed by atoms with van der Waals surface area (Å²) >= 11 is 1.36. The lowest BCUT2D eigenvalue weighted by Crippen LogP contribution is -2.20. The molecule has 0 spiro atoms. The van der Waals surface area contributed by atoms with E-state index in [4.69, 9.17) is 0 Å². The largest absolute Gasteiger partial charge is 0.320 e. The molecule has 0 fully saturated rings. The molecule has 29 heavy (non-hydrogen) atoms. The first-order valence-corrected chi connectivity index (χ1v) is 11.3. The third kappa shape index (κ3) is 4.48. The summed E-state index contributed by atoms with van der Waals surface area (Å²) in [6, 6.07) is 3.32. The number of anilines is 2. The number of halogens is 2. The Morgan fingerprint density at radius 2 is 2.07 bits per heavy atom. The summed E-state index contributed by atoms with van der Waals surface area (Å²) in [5.41, 5.74) is -0.704. The molecule has 2 aromatic heterocycles. The zero-order valence-electron chi connectivity index (χ0n) is 15.4. The average Bonchev–Trinajstić information content (AvgIpc) is 3.06. The Morgan fingerprint density at radius 1 is 1.31 bits per heavy atom. The Morgan fingerprint density at radius 3 is 2.76 bits per heavy atom. The van der Waals surface area contributed by atoms with E-state index in [1.165, 1.54) is 18.0 Å². The van der Waals surface area contributed by atoms with Crippen LogP contribution in [0.1, 0.15) is 23.7 Å². The van der Waals surface area contributed by atoms with E-state index in [2.05, 4.69) is 20.5 Å². The number of rotatable bonds is 7. The Hall–Kier alpha value is -2.73. The van der Waals surface area contributed by atoms with Gasteiger partial charge in [0.25, 0.3) is 5.91 Å². The molecule has 0 radical (unpaired) electrons. The van der Waals surface area contributed by atoms with Gasteiger partial charge in [0, 0.05) is 0 Å².